The average Bonchev–Trinajstić information content (AvgIpc) is 3.37. The number of carbonyl (C=O) groups is 4. The zero-order valence-electron chi connectivity index (χ0n) is 16.8. The minimum atomic E-state index is -0.952. The summed E-state index contributed by atoms with van der Waals surface area (Å²) in [7, 11) is 0. The van der Waals surface area contributed by atoms with E-state index in [9.17, 15) is 19.2 Å². The van der Waals surface area contributed by atoms with Crippen LogP contribution in [0.25, 0.3) is 0 Å². The zero-order chi connectivity index (χ0) is 21.5. The molecule has 1 aromatic heterocycles. The first-order valence-corrected chi connectivity index (χ1v) is 10.3. The zero-order valence-corrected chi connectivity index (χ0v) is 16.8. The molecular formula is C21H22N6O4. The third kappa shape index (κ3) is 3.43. The fourth-order valence-electron chi connectivity index (χ4n) is 4.56. The summed E-state index contributed by atoms with van der Waals surface area (Å²) in [5.74, 6) is -1.96. The molecule has 2 aromatic rings. The number of nitrogens with zero attached hydrogens (tertiary/aromatic N) is 3. The van der Waals surface area contributed by atoms with Crippen molar-refractivity contribution in [2.75, 3.05) is 19.6 Å². The van der Waals surface area contributed by atoms with Crippen LogP contribution in [-0.4, -0.2) is 69.3 Å². The van der Waals surface area contributed by atoms with E-state index in [4.69, 9.17) is 0 Å². The maximum Gasteiger partial charge on any atom is 0.262 e. The van der Waals surface area contributed by atoms with Crippen LogP contribution in [0.1, 0.15) is 50.7 Å². The van der Waals surface area contributed by atoms with Crippen LogP contribution < -0.4 is 10.6 Å². The number of amides is 4. The maximum atomic E-state index is 13.0. The van der Waals surface area contributed by atoms with Crippen LogP contribution in [-0.2, 0) is 16.1 Å². The van der Waals surface area contributed by atoms with Gasteiger partial charge >= 0.3 is 0 Å². The molecule has 0 saturated carbocycles. The molecule has 160 valence electrons. The average molecular weight is 422 g/mol. The highest BCUT2D eigenvalue weighted by molar-refractivity contribution is 6.23. The lowest BCUT2D eigenvalue weighted by molar-refractivity contribution is -0.136. The van der Waals surface area contributed by atoms with Crippen molar-refractivity contribution in [1.29, 1.82) is 0 Å². The molecule has 5 rings (SSSR count). The number of aromatic amines is 1. The summed E-state index contributed by atoms with van der Waals surface area (Å²) in [6, 6.07) is 4.46. The quantitative estimate of drug-likeness (QED) is 0.590. The molecule has 31 heavy (non-hydrogen) atoms. The molecule has 3 aliphatic rings. The highest BCUT2D eigenvalue weighted by Gasteiger charge is 2.44. The van der Waals surface area contributed by atoms with E-state index in [1.165, 1.54) is 0 Å². The van der Waals surface area contributed by atoms with Crippen molar-refractivity contribution in [2.24, 2.45) is 0 Å². The normalized spacial score (nSPS) is 24.5. The first-order chi connectivity index (χ1) is 15.0. The van der Waals surface area contributed by atoms with E-state index in [2.05, 4.69) is 25.7 Å². The molecule has 10 heteroatoms. The van der Waals surface area contributed by atoms with Gasteiger partial charge < -0.3 is 5.32 Å². The second-order valence-corrected chi connectivity index (χ2v) is 8.05. The third-order valence-electron chi connectivity index (χ3n) is 6.15. The molecule has 4 heterocycles. The van der Waals surface area contributed by atoms with Crippen molar-refractivity contribution in [3.63, 3.8) is 0 Å². The summed E-state index contributed by atoms with van der Waals surface area (Å²) in [5.41, 5.74) is 2.61. The van der Waals surface area contributed by atoms with Crippen LogP contribution in [0.2, 0.25) is 0 Å². The molecule has 3 aliphatic heterocycles. The van der Waals surface area contributed by atoms with Gasteiger partial charge in [0.1, 0.15) is 6.04 Å². The van der Waals surface area contributed by atoms with Gasteiger partial charge in [0.2, 0.25) is 11.8 Å². The first kappa shape index (κ1) is 19.6. The monoisotopic (exact) mass is 422 g/mol. The van der Waals surface area contributed by atoms with Crippen molar-refractivity contribution in [1.82, 2.24) is 30.6 Å². The molecule has 2 fully saturated rings. The fourth-order valence-corrected chi connectivity index (χ4v) is 4.56. The Bertz CT molecular complexity index is 1070. The van der Waals surface area contributed by atoms with Gasteiger partial charge in [0.25, 0.3) is 11.8 Å². The van der Waals surface area contributed by atoms with Crippen LogP contribution in [0.5, 0.6) is 0 Å². The molecule has 0 radical (unpaired) electrons. The van der Waals surface area contributed by atoms with Gasteiger partial charge in [0.15, 0.2) is 0 Å². The highest BCUT2D eigenvalue weighted by atomic mass is 16.2. The second-order valence-electron chi connectivity index (χ2n) is 8.05. The number of piperidine rings is 1. The molecule has 4 amide bonds. The van der Waals surface area contributed by atoms with E-state index in [-0.39, 0.29) is 24.8 Å². The Morgan fingerprint density at radius 1 is 1.06 bits per heavy atom. The van der Waals surface area contributed by atoms with Gasteiger partial charge in [-0.3, -0.25) is 39.4 Å². The molecule has 10 nitrogen and oxygen atoms in total. The van der Waals surface area contributed by atoms with Gasteiger partial charge in [-0.15, -0.1) is 0 Å². The number of fused-ring (bicyclic) bond motifs is 1. The van der Waals surface area contributed by atoms with Crippen molar-refractivity contribution in [2.45, 2.75) is 31.5 Å². The smallest absolute Gasteiger partial charge is 0.262 e. The number of hydrogen-bond acceptors (Lipinski definition) is 7. The largest absolute Gasteiger partial charge is 0.314 e. The standard InChI is InChI=1S/C21H22N6O4/c28-18-4-3-16(19(29)25-18)27-20(30)14-2-1-12(7-15(14)21(27)31)11-26-6-5-22-10-17(26)13-8-23-24-9-13/h1-2,7-9,16-17,22H,3-6,10-11H2,(H,23,24)(H,25,28,29). The van der Waals surface area contributed by atoms with Gasteiger partial charge in [0, 0.05) is 44.4 Å². The van der Waals surface area contributed by atoms with E-state index < -0.39 is 23.8 Å². The first-order valence-electron chi connectivity index (χ1n) is 10.3. The lowest BCUT2D eigenvalue weighted by Gasteiger charge is -2.35. The van der Waals surface area contributed by atoms with Crippen molar-refractivity contribution >= 4 is 23.6 Å². The summed E-state index contributed by atoms with van der Waals surface area (Å²) in [6.45, 7) is 3.11. The van der Waals surface area contributed by atoms with Gasteiger partial charge in [-0.1, -0.05) is 6.07 Å². The lowest BCUT2D eigenvalue weighted by Crippen LogP contribution is -2.54. The summed E-state index contributed by atoms with van der Waals surface area (Å²) in [6.07, 6.45) is 3.95. The van der Waals surface area contributed by atoms with Gasteiger partial charge in [-0.25, -0.2) is 0 Å². The molecule has 2 atom stereocenters. The molecule has 0 aliphatic carbocycles. The van der Waals surface area contributed by atoms with Crippen LogP contribution in [0.15, 0.2) is 30.6 Å². The molecule has 3 N–H and O–H groups in total. The number of rotatable bonds is 4. The van der Waals surface area contributed by atoms with E-state index in [0.717, 1.165) is 35.7 Å². The minimum Gasteiger partial charge on any atom is -0.314 e. The van der Waals surface area contributed by atoms with Crippen LogP contribution in [0.4, 0.5) is 0 Å². The number of benzene rings is 1. The Balaban J connectivity index is 1.38. The van der Waals surface area contributed by atoms with Gasteiger partial charge in [-0.05, 0) is 24.1 Å². The fraction of sp³-hybridized carbons (Fsp3) is 0.381. The van der Waals surface area contributed by atoms with E-state index in [1.807, 2.05) is 18.5 Å². The van der Waals surface area contributed by atoms with Gasteiger partial charge in [0.05, 0.1) is 23.4 Å². The Morgan fingerprint density at radius 2 is 1.90 bits per heavy atom. The Labute approximate surface area is 178 Å². The number of H-pyrrole nitrogens is 1. The highest BCUT2D eigenvalue weighted by Crippen LogP contribution is 2.30. The SMILES string of the molecule is O=C1CCC(N2C(=O)c3ccc(CN4CCNCC4c4cn[nH]c4)cc3C2=O)C(=O)N1. The number of nitrogens with one attached hydrogen (secondary N) is 3. The maximum absolute atomic E-state index is 13.0. The number of imide groups is 2. The molecule has 0 bridgehead atoms. The number of carbonyl (C=O) groups excluding carboxylic acids is 4. The topological polar surface area (TPSA) is 128 Å². The number of aromatic nitrogens is 2. The molecule has 1 aromatic carbocycles. The second kappa shape index (κ2) is 7.71. The third-order valence-corrected chi connectivity index (χ3v) is 6.15. The van der Waals surface area contributed by atoms with Crippen molar-refractivity contribution in [3.8, 4) is 0 Å². The number of piperazine rings is 1. The molecule has 2 saturated heterocycles. The summed E-state index contributed by atoms with van der Waals surface area (Å²) in [4.78, 5) is 52.8. The summed E-state index contributed by atoms with van der Waals surface area (Å²) in [5, 5.41) is 12.5. The van der Waals surface area contributed by atoms with E-state index >= 15 is 0 Å². The Kier molecular flexibility index (Phi) is 4.87. The Morgan fingerprint density at radius 3 is 2.68 bits per heavy atom. The molecule has 0 spiro atoms. The van der Waals surface area contributed by atoms with E-state index in [1.54, 1.807) is 12.1 Å². The van der Waals surface area contributed by atoms with E-state index in [0.29, 0.717) is 17.7 Å². The minimum absolute atomic E-state index is 0.105. The van der Waals surface area contributed by atoms with Crippen LogP contribution in [0, 0.1) is 0 Å². The van der Waals surface area contributed by atoms with Crippen molar-refractivity contribution < 1.29 is 19.2 Å². The Hall–Kier alpha value is -3.37. The van der Waals surface area contributed by atoms with Gasteiger partial charge in [-0.2, -0.15) is 5.10 Å². The van der Waals surface area contributed by atoms with Crippen molar-refractivity contribution in [3.05, 3.63) is 52.8 Å². The number of hydrogen-bond donors (Lipinski definition) is 3. The summed E-state index contributed by atoms with van der Waals surface area (Å²) < 4.78 is 0. The predicted molar refractivity (Wildman–Crippen MR) is 108 cm³/mol. The molecular weight excluding hydrogens is 400 g/mol. The van der Waals surface area contributed by atoms with Crippen LogP contribution in [0.3, 0.4) is 0 Å². The summed E-state index contributed by atoms with van der Waals surface area (Å²) >= 11 is 0. The molecule has 2 unspecified atom stereocenters. The predicted octanol–water partition coefficient (Wildman–Crippen LogP) is -0.0426. The van der Waals surface area contributed by atoms with Crippen LogP contribution >= 0.6 is 0 Å². The lowest BCUT2D eigenvalue weighted by atomic mass is 10.0.